The maximum absolute atomic E-state index is 14.9. The van der Waals surface area contributed by atoms with Gasteiger partial charge in [0.25, 0.3) is 5.69 Å². The van der Waals surface area contributed by atoms with Crippen molar-refractivity contribution in [3.63, 3.8) is 0 Å². The Morgan fingerprint density at radius 3 is 1.88 bits per heavy atom. The van der Waals surface area contributed by atoms with Crippen molar-refractivity contribution in [2.24, 2.45) is 0 Å². The van der Waals surface area contributed by atoms with Gasteiger partial charge in [0.2, 0.25) is 5.69 Å². The number of hydrogen-bond acceptors (Lipinski definition) is 2. The smallest absolute Gasteiger partial charge is 0.509 e. The number of rotatable bonds is 7. The Labute approximate surface area is 446 Å². The Kier molecular flexibility index (Phi) is 11.9. The van der Waals surface area contributed by atoms with E-state index in [0.29, 0.717) is 11.5 Å². The van der Waals surface area contributed by atoms with E-state index in [4.69, 9.17) is 9.72 Å². The first-order valence-corrected chi connectivity index (χ1v) is 25.1. The molecule has 1 aliphatic rings. The summed E-state index contributed by atoms with van der Waals surface area (Å²) in [6.07, 6.45) is 1.83. The summed E-state index contributed by atoms with van der Waals surface area (Å²) in [6.45, 7) is 20.2. The van der Waals surface area contributed by atoms with Crippen LogP contribution in [0.15, 0.2) is 176 Å². The molecular formula is C66H56FN5OPt+2. The quantitative estimate of drug-likeness (QED) is 0.118. The number of para-hydroxylation sites is 3. The van der Waals surface area contributed by atoms with Crippen molar-refractivity contribution in [1.82, 2.24) is 23.3 Å². The van der Waals surface area contributed by atoms with Gasteiger partial charge >= 0.3 is 32.8 Å². The fraction of sp³-hybridized carbons (Fsp3) is 0.182. The van der Waals surface area contributed by atoms with E-state index in [1.54, 1.807) is 6.07 Å². The molecule has 8 heteroatoms. The molecule has 0 amide bonds. The van der Waals surface area contributed by atoms with Crippen LogP contribution in [-0.4, -0.2) is 20.1 Å². The third kappa shape index (κ3) is 8.48. The van der Waals surface area contributed by atoms with E-state index in [1.807, 2.05) is 53.2 Å². The molecule has 0 bridgehead atoms. The van der Waals surface area contributed by atoms with Crippen LogP contribution in [0.5, 0.6) is 11.5 Å². The summed E-state index contributed by atoms with van der Waals surface area (Å²) in [6, 6.07) is 69.5. The third-order valence-electron chi connectivity index (χ3n) is 14.2. The summed E-state index contributed by atoms with van der Waals surface area (Å²) in [7, 11) is 0. The second-order valence-electron chi connectivity index (χ2n) is 22.4. The third-order valence-corrected chi connectivity index (χ3v) is 14.2. The first kappa shape index (κ1) is 48.6. The van der Waals surface area contributed by atoms with Gasteiger partial charge in [-0.05, 0) is 109 Å². The van der Waals surface area contributed by atoms with Crippen molar-refractivity contribution in [2.45, 2.75) is 78.6 Å². The van der Waals surface area contributed by atoms with Gasteiger partial charge < -0.3 is 13.9 Å². The zero-order valence-electron chi connectivity index (χ0n) is 43.1. The van der Waals surface area contributed by atoms with Crippen molar-refractivity contribution in [1.29, 1.82) is 0 Å². The van der Waals surface area contributed by atoms with Crippen LogP contribution >= 0.6 is 0 Å². The maximum atomic E-state index is 14.9. The minimum Gasteiger partial charge on any atom is -0.509 e. The van der Waals surface area contributed by atoms with Gasteiger partial charge in [0, 0.05) is 57.9 Å². The summed E-state index contributed by atoms with van der Waals surface area (Å²) in [5.41, 5.74) is 14.2. The first-order chi connectivity index (χ1) is 35.0. The van der Waals surface area contributed by atoms with Crippen molar-refractivity contribution in [2.75, 3.05) is 0 Å². The molecule has 0 aliphatic carbocycles. The standard InChI is InChI=1S/C66H56FN5O.Pt/c1-64(2,3)43-31-32-68-62(37-43)72-59-30-27-46(67)38-56(59)55-29-28-51(40-61(55)72)73-50-20-15-18-47(39-50)69-41-70(49-35-44(65(4,5)6)34-45(36-49)66(7,8)9)63-52(23-16-26-60(63)69)42-17-14-19-48(33-42)71-57-24-12-10-21-53(57)54-22-11-13-25-58(54)71;/h10-38H,1-9H3;/q;+2. The second kappa shape index (κ2) is 18.1. The van der Waals surface area contributed by atoms with Crippen LogP contribution in [0, 0.1) is 17.9 Å². The molecule has 1 aliphatic heterocycles. The van der Waals surface area contributed by atoms with Crippen LogP contribution in [0.3, 0.4) is 0 Å². The van der Waals surface area contributed by atoms with Gasteiger partial charge in [-0.2, -0.15) is 12.1 Å². The van der Waals surface area contributed by atoms with Gasteiger partial charge in [0.1, 0.15) is 17.3 Å². The van der Waals surface area contributed by atoms with Crippen LogP contribution in [0.2, 0.25) is 0 Å². The summed E-state index contributed by atoms with van der Waals surface area (Å²) in [4.78, 5) is 4.81. The van der Waals surface area contributed by atoms with E-state index in [2.05, 4.69) is 209 Å². The molecule has 0 fully saturated rings. The Balaban J connectivity index is 0.00000588. The summed E-state index contributed by atoms with van der Waals surface area (Å²) in [5, 5.41) is 4.08. The number of fused-ring (bicyclic) bond motifs is 7. The number of ether oxygens (including phenoxy) is 1. The number of halogens is 1. The Morgan fingerprint density at radius 2 is 1.18 bits per heavy atom. The van der Waals surface area contributed by atoms with E-state index >= 15 is 0 Å². The molecule has 3 aromatic heterocycles. The Morgan fingerprint density at radius 1 is 0.527 bits per heavy atom. The molecule has 6 nitrogen and oxygen atoms in total. The SMILES string of the molecule is CC(C)(C)c1cc([N+]2=C=[N+](c3[c-]c(Oc4[c-]c5c(cc4)c4cc(F)ccc4n5-c4cc(C(C)(C)C)ccn4)ccc3)c3cccc(-c4cccc(-n5c6ccccc6c6ccccc65)c4)c32)cc(C(C)(C)C)c1.[Pt+2]. The number of pyridine rings is 1. The molecule has 8 aromatic carbocycles. The van der Waals surface area contributed by atoms with Gasteiger partial charge in [0.15, 0.2) is 0 Å². The molecule has 0 atom stereocenters. The molecular weight excluding hydrogens is 1090 g/mol. The summed E-state index contributed by atoms with van der Waals surface area (Å²) in [5.74, 6) is 1.43. The molecule has 0 saturated carbocycles. The van der Waals surface area contributed by atoms with Crippen molar-refractivity contribution < 1.29 is 30.2 Å². The van der Waals surface area contributed by atoms with Crippen LogP contribution < -0.4 is 13.9 Å². The van der Waals surface area contributed by atoms with Gasteiger partial charge in [-0.1, -0.05) is 145 Å². The van der Waals surface area contributed by atoms with Crippen molar-refractivity contribution in [3.05, 3.63) is 211 Å². The molecule has 0 radical (unpaired) electrons. The van der Waals surface area contributed by atoms with Crippen molar-refractivity contribution >= 4 is 72.4 Å². The molecule has 0 spiro atoms. The van der Waals surface area contributed by atoms with Gasteiger partial charge in [-0.3, -0.25) is 0 Å². The largest absolute Gasteiger partial charge is 2.00 e. The molecule has 366 valence electrons. The zero-order chi connectivity index (χ0) is 50.6. The minimum absolute atomic E-state index is 0. The average Bonchev–Trinajstić information content (AvgIpc) is 4.04. The van der Waals surface area contributed by atoms with E-state index < -0.39 is 0 Å². The number of aromatic nitrogens is 3. The fourth-order valence-electron chi connectivity index (χ4n) is 10.3. The normalized spacial score (nSPS) is 12.8. The predicted octanol–water partition coefficient (Wildman–Crippen LogP) is 17.2. The van der Waals surface area contributed by atoms with E-state index in [0.717, 1.165) is 83.8 Å². The Bertz CT molecular complexity index is 4050. The first-order valence-electron chi connectivity index (χ1n) is 25.1. The van der Waals surface area contributed by atoms with Gasteiger partial charge in [-0.15, -0.1) is 23.6 Å². The molecule has 12 rings (SSSR count). The molecule has 4 heterocycles. The molecule has 0 unspecified atom stereocenters. The van der Waals surface area contributed by atoms with Crippen LogP contribution in [0.25, 0.3) is 66.2 Å². The second-order valence-corrected chi connectivity index (χ2v) is 22.4. The predicted molar refractivity (Wildman–Crippen MR) is 299 cm³/mol. The van der Waals surface area contributed by atoms with E-state index in [-0.39, 0.29) is 43.1 Å². The average molecular weight is 1150 g/mol. The molecule has 11 aromatic rings. The van der Waals surface area contributed by atoms with Crippen molar-refractivity contribution in [3.8, 4) is 34.1 Å². The molecule has 74 heavy (non-hydrogen) atoms. The minimum atomic E-state index is -0.304. The van der Waals surface area contributed by atoms with Crippen LogP contribution in [0.1, 0.15) is 79.0 Å². The number of nitrogens with zero attached hydrogens (tertiary/aromatic N) is 5. The van der Waals surface area contributed by atoms with Crippen LogP contribution in [-0.2, 0) is 37.3 Å². The van der Waals surface area contributed by atoms with E-state index in [9.17, 15) is 4.39 Å². The fourth-order valence-corrected chi connectivity index (χ4v) is 10.3. The zero-order valence-corrected chi connectivity index (χ0v) is 45.4. The Hall–Kier alpha value is -7.69. The topological polar surface area (TPSA) is 38.0 Å². The molecule has 0 N–H and O–H groups in total. The number of hydrogen-bond donors (Lipinski definition) is 0. The van der Waals surface area contributed by atoms with E-state index in [1.165, 1.54) is 28.0 Å². The van der Waals surface area contributed by atoms with Gasteiger partial charge in [0.05, 0.1) is 16.6 Å². The van der Waals surface area contributed by atoms with Crippen LogP contribution in [0.4, 0.5) is 27.1 Å². The summed E-state index contributed by atoms with van der Waals surface area (Å²) >= 11 is 0. The monoisotopic (exact) mass is 1150 g/mol. The maximum Gasteiger partial charge on any atom is 2.00 e. The van der Waals surface area contributed by atoms with Gasteiger partial charge in [-0.25, -0.2) is 9.37 Å². The number of benzene rings is 8. The molecule has 0 saturated heterocycles. The summed E-state index contributed by atoms with van der Waals surface area (Å²) < 4.78 is 30.3.